The van der Waals surface area contributed by atoms with Gasteiger partial charge in [0.25, 0.3) is 0 Å². The van der Waals surface area contributed by atoms with Gasteiger partial charge in [0.2, 0.25) is 0 Å². The van der Waals surface area contributed by atoms with E-state index in [2.05, 4.69) is 5.32 Å². The van der Waals surface area contributed by atoms with Crippen molar-refractivity contribution >= 4 is 6.09 Å². The summed E-state index contributed by atoms with van der Waals surface area (Å²) in [6.45, 7) is 6.75. The van der Waals surface area contributed by atoms with Gasteiger partial charge in [0, 0.05) is 25.2 Å². The zero-order valence-corrected chi connectivity index (χ0v) is 9.91. The largest absolute Gasteiger partial charge is 0.444 e. The van der Waals surface area contributed by atoms with Crippen LogP contribution in [0, 0.1) is 0 Å². The van der Waals surface area contributed by atoms with Crippen LogP contribution in [0.1, 0.15) is 20.8 Å². The Kier molecular flexibility index (Phi) is 3.57. The van der Waals surface area contributed by atoms with Crippen molar-refractivity contribution in [2.75, 3.05) is 20.1 Å². The van der Waals surface area contributed by atoms with E-state index in [-0.39, 0.29) is 18.2 Å². The Morgan fingerprint density at radius 3 is 2.47 bits per heavy atom. The van der Waals surface area contributed by atoms with Crippen LogP contribution < -0.4 is 11.1 Å². The Bertz CT molecular complexity index is 237. The summed E-state index contributed by atoms with van der Waals surface area (Å²) < 4.78 is 5.27. The van der Waals surface area contributed by atoms with E-state index in [1.807, 2.05) is 27.8 Å². The van der Waals surface area contributed by atoms with Crippen LogP contribution in [0.3, 0.4) is 0 Å². The standard InChI is InChI=1S/C10H21N3O2/c1-10(2,3)15-9(14)13-5-7(11)8(6-13)12-4/h7-8,12H,5-6,11H2,1-4H3. The van der Waals surface area contributed by atoms with Crippen LogP contribution in [0.5, 0.6) is 0 Å². The lowest BCUT2D eigenvalue weighted by atomic mass is 10.2. The highest BCUT2D eigenvalue weighted by Gasteiger charge is 2.34. The Balaban J connectivity index is 2.50. The van der Waals surface area contributed by atoms with E-state index in [0.717, 1.165) is 0 Å². The van der Waals surface area contributed by atoms with E-state index in [1.165, 1.54) is 0 Å². The molecule has 1 amide bonds. The molecular weight excluding hydrogens is 194 g/mol. The first-order valence-electron chi connectivity index (χ1n) is 5.24. The Morgan fingerprint density at radius 1 is 1.47 bits per heavy atom. The van der Waals surface area contributed by atoms with Gasteiger partial charge < -0.3 is 20.7 Å². The number of hydrogen-bond donors (Lipinski definition) is 2. The van der Waals surface area contributed by atoms with Crippen LogP contribution in [0.2, 0.25) is 0 Å². The minimum Gasteiger partial charge on any atom is -0.444 e. The third-order valence-corrected chi connectivity index (χ3v) is 2.39. The summed E-state index contributed by atoms with van der Waals surface area (Å²) in [5, 5.41) is 3.09. The lowest BCUT2D eigenvalue weighted by Crippen LogP contribution is -2.41. The van der Waals surface area contributed by atoms with Gasteiger partial charge in [-0.15, -0.1) is 0 Å². The van der Waals surface area contributed by atoms with E-state index < -0.39 is 5.60 Å². The van der Waals surface area contributed by atoms with Crippen molar-refractivity contribution in [3.8, 4) is 0 Å². The molecule has 0 radical (unpaired) electrons. The number of nitrogens with one attached hydrogen (secondary N) is 1. The van der Waals surface area contributed by atoms with Crippen molar-refractivity contribution in [2.45, 2.75) is 38.5 Å². The van der Waals surface area contributed by atoms with Gasteiger partial charge in [-0.2, -0.15) is 0 Å². The fraction of sp³-hybridized carbons (Fsp3) is 0.900. The predicted octanol–water partition coefficient (Wildman–Crippen LogP) is 0.152. The molecule has 1 aliphatic rings. The maximum Gasteiger partial charge on any atom is 0.410 e. The van der Waals surface area contributed by atoms with Crippen molar-refractivity contribution in [3.05, 3.63) is 0 Å². The minimum absolute atomic E-state index is 0.0116. The Morgan fingerprint density at radius 2 is 2.07 bits per heavy atom. The van der Waals surface area contributed by atoms with Gasteiger partial charge in [-0.05, 0) is 27.8 Å². The van der Waals surface area contributed by atoms with Crippen LogP contribution >= 0.6 is 0 Å². The second-order valence-electron chi connectivity index (χ2n) is 4.94. The molecule has 1 heterocycles. The van der Waals surface area contributed by atoms with Crippen LogP contribution in [-0.2, 0) is 4.74 Å². The first kappa shape index (κ1) is 12.3. The van der Waals surface area contributed by atoms with E-state index in [9.17, 15) is 4.79 Å². The number of amides is 1. The van der Waals surface area contributed by atoms with Crippen LogP contribution in [0.15, 0.2) is 0 Å². The van der Waals surface area contributed by atoms with E-state index in [0.29, 0.717) is 13.1 Å². The number of likely N-dealkylation sites (N-methyl/N-ethyl adjacent to an activating group) is 1. The smallest absolute Gasteiger partial charge is 0.410 e. The monoisotopic (exact) mass is 215 g/mol. The number of likely N-dealkylation sites (tertiary alicyclic amines) is 1. The lowest BCUT2D eigenvalue weighted by Gasteiger charge is -2.24. The molecule has 1 saturated heterocycles. The molecule has 0 aliphatic carbocycles. The molecule has 0 spiro atoms. The van der Waals surface area contributed by atoms with Gasteiger partial charge >= 0.3 is 6.09 Å². The molecule has 1 aliphatic heterocycles. The highest BCUT2D eigenvalue weighted by atomic mass is 16.6. The van der Waals surface area contributed by atoms with Crippen molar-refractivity contribution in [2.24, 2.45) is 5.73 Å². The number of nitrogens with zero attached hydrogens (tertiary/aromatic N) is 1. The summed E-state index contributed by atoms with van der Waals surface area (Å²) in [6.07, 6.45) is -0.282. The summed E-state index contributed by atoms with van der Waals surface area (Å²) in [5.74, 6) is 0. The second kappa shape index (κ2) is 4.37. The van der Waals surface area contributed by atoms with Gasteiger partial charge in [0.05, 0.1) is 0 Å². The van der Waals surface area contributed by atoms with Crippen molar-refractivity contribution in [1.29, 1.82) is 0 Å². The van der Waals surface area contributed by atoms with Crippen molar-refractivity contribution < 1.29 is 9.53 Å². The SMILES string of the molecule is CNC1CN(C(=O)OC(C)(C)C)CC1N. The summed E-state index contributed by atoms with van der Waals surface area (Å²) in [7, 11) is 1.85. The molecule has 0 saturated carbocycles. The molecule has 5 heteroatoms. The zero-order valence-electron chi connectivity index (χ0n) is 9.91. The molecule has 5 nitrogen and oxygen atoms in total. The molecule has 0 aromatic heterocycles. The third kappa shape index (κ3) is 3.35. The fourth-order valence-electron chi connectivity index (χ4n) is 1.61. The number of ether oxygens (including phenoxy) is 1. The first-order valence-corrected chi connectivity index (χ1v) is 5.24. The molecule has 1 rings (SSSR count). The highest BCUT2D eigenvalue weighted by Crippen LogP contribution is 2.14. The van der Waals surface area contributed by atoms with Gasteiger partial charge in [-0.3, -0.25) is 0 Å². The zero-order chi connectivity index (χ0) is 11.6. The topological polar surface area (TPSA) is 67.6 Å². The van der Waals surface area contributed by atoms with Gasteiger partial charge in [0.15, 0.2) is 0 Å². The molecule has 3 N–H and O–H groups in total. The summed E-state index contributed by atoms with van der Waals surface area (Å²) in [5.41, 5.74) is 5.42. The average molecular weight is 215 g/mol. The normalized spacial score (nSPS) is 26.9. The molecule has 0 aromatic rings. The van der Waals surface area contributed by atoms with Gasteiger partial charge in [0.1, 0.15) is 5.60 Å². The summed E-state index contributed by atoms with van der Waals surface area (Å²) >= 11 is 0. The summed E-state index contributed by atoms with van der Waals surface area (Å²) in [4.78, 5) is 13.3. The average Bonchev–Trinajstić information content (AvgIpc) is 2.43. The molecule has 2 atom stereocenters. The number of hydrogen-bond acceptors (Lipinski definition) is 4. The molecule has 1 fully saturated rings. The van der Waals surface area contributed by atoms with Gasteiger partial charge in [-0.25, -0.2) is 4.79 Å². The summed E-state index contributed by atoms with van der Waals surface area (Å²) in [6, 6.07) is 0.153. The fourth-order valence-corrected chi connectivity index (χ4v) is 1.61. The number of rotatable bonds is 1. The van der Waals surface area contributed by atoms with E-state index in [1.54, 1.807) is 4.90 Å². The molecule has 0 bridgehead atoms. The van der Waals surface area contributed by atoms with Crippen molar-refractivity contribution in [3.63, 3.8) is 0 Å². The lowest BCUT2D eigenvalue weighted by molar-refractivity contribution is 0.0289. The Labute approximate surface area is 90.9 Å². The van der Waals surface area contributed by atoms with E-state index >= 15 is 0 Å². The molecule has 88 valence electrons. The van der Waals surface area contributed by atoms with E-state index in [4.69, 9.17) is 10.5 Å². The van der Waals surface area contributed by atoms with Crippen LogP contribution in [0.4, 0.5) is 4.79 Å². The molecule has 2 unspecified atom stereocenters. The maximum atomic E-state index is 11.7. The predicted molar refractivity (Wildman–Crippen MR) is 58.6 cm³/mol. The van der Waals surface area contributed by atoms with Gasteiger partial charge in [-0.1, -0.05) is 0 Å². The molecule has 0 aromatic carbocycles. The second-order valence-corrected chi connectivity index (χ2v) is 4.94. The first-order chi connectivity index (χ1) is 6.83. The number of carbonyl (C=O) groups is 1. The molecule has 15 heavy (non-hydrogen) atoms. The maximum absolute atomic E-state index is 11.7. The minimum atomic E-state index is -0.446. The van der Waals surface area contributed by atoms with Crippen LogP contribution in [0.25, 0.3) is 0 Å². The molecular formula is C10H21N3O2. The van der Waals surface area contributed by atoms with Crippen LogP contribution in [-0.4, -0.2) is 48.8 Å². The Hall–Kier alpha value is -0.810. The third-order valence-electron chi connectivity index (χ3n) is 2.39. The number of nitrogens with two attached hydrogens (primary N) is 1. The highest BCUT2D eigenvalue weighted by molar-refractivity contribution is 5.68. The quantitative estimate of drug-likeness (QED) is 0.653. The number of carbonyl (C=O) groups excluding carboxylic acids is 1. The van der Waals surface area contributed by atoms with Crippen molar-refractivity contribution in [1.82, 2.24) is 10.2 Å².